The Morgan fingerprint density at radius 1 is 1.22 bits per heavy atom. The van der Waals surface area contributed by atoms with Crippen LogP contribution in [0.1, 0.15) is 11.1 Å². The summed E-state index contributed by atoms with van der Waals surface area (Å²) < 4.78 is 63.1. The molecule has 0 spiro atoms. The fourth-order valence-corrected chi connectivity index (χ4v) is 2.70. The van der Waals surface area contributed by atoms with Crippen LogP contribution >= 0.6 is 11.6 Å². The van der Waals surface area contributed by atoms with Gasteiger partial charge in [0.15, 0.2) is 0 Å². The summed E-state index contributed by atoms with van der Waals surface area (Å²) in [4.78, 5) is 11.0. The van der Waals surface area contributed by atoms with Crippen molar-refractivity contribution < 1.29 is 36.9 Å². The highest BCUT2D eigenvalue weighted by atomic mass is 35.5. The Morgan fingerprint density at radius 3 is 2.56 bits per heavy atom. The molecule has 3 rings (SSSR count). The Kier molecular flexibility index (Phi) is 4.77. The summed E-state index contributed by atoms with van der Waals surface area (Å²) in [5.41, 5.74) is -0.484. The number of benzene rings is 2. The van der Waals surface area contributed by atoms with Crippen LogP contribution in [0, 0.1) is 12.7 Å². The van der Waals surface area contributed by atoms with E-state index in [0.29, 0.717) is 5.56 Å². The summed E-state index contributed by atoms with van der Waals surface area (Å²) in [5, 5.41) is 11.0. The molecular weight excluding hydrogens is 392 g/mol. The maximum Gasteiger partial charge on any atom is 0.429 e. The quantitative estimate of drug-likeness (QED) is 0.728. The van der Waals surface area contributed by atoms with Crippen molar-refractivity contribution in [2.24, 2.45) is 0 Å². The van der Waals surface area contributed by atoms with Crippen LogP contribution in [0.15, 0.2) is 35.9 Å². The summed E-state index contributed by atoms with van der Waals surface area (Å²) in [6, 6.07) is 6.06. The van der Waals surface area contributed by atoms with E-state index in [-0.39, 0.29) is 27.8 Å². The molecule has 1 unspecified atom stereocenters. The average Bonchev–Trinajstić information content (AvgIpc) is 2.56. The molecule has 0 N–H and O–H groups in total. The molecule has 9 heteroatoms. The molecule has 0 fully saturated rings. The molecule has 4 nitrogen and oxygen atoms in total. The summed E-state index contributed by atoms with van der Waals surface area (Å²) in [6.07, 6.45) is -6.88. The average molecular weight is 402 g/mol. The fourth-order valence-electron chi connectivity index (χ4n) is 2.49. The van der Waals surface area contributed by atoms with E-state index in [9.17, 15) is 27.5 Å². The van der Waals surface area contributed by atoms with Crippen LogP contribution in [0.3, 0.4) is 0 Å². The van der Waals surface area contributed by atoms with Crippen molar-refractivity contribution in [1.29, 1.82) is 0 Å². The first-order valence-electron chi connectivity index (χ1n) is 7.50. The third kappa shape index (κ3) is 3.85. The smallest absolute Gasteiger partial charge is 0.429 e. The highest BCUT2D eigenvalue weighted by molar-refractivity contribution is 6.32. The van der Waals surface area contributed by atoms with Crippen molar-refractivity contribution in [1.82, 2.24) is 0 Å². The summed E-state index contributed by atoms with van der Waals surface area (Å²) in [5.74, 6) is -2.81. The first-order chi connectivity index (χ1) is 12.6. The molecule has 0 aromatic heterocycles. The van der Waals surface area contributed by atoms with Gasteiger partial charge in [-0.05, 0) is 30.7 Å². The number of aliphatic carboxylic acids is 1. The molecule has 1 aliphatic rings. The highest BCUT2D eigenvalue weighted by Crippen LogP contribution is 2.42. The maximum absolute atomic E-state index is 13.4. The van der Waals surface area contributed by atoms with Crippen LogP contribution < -0.4 is 14.6 Å². The van der Waals surface area contributed by atoms with Gasteiger partial charge >= 0.3 is 6.18 Å². The van der Waals surface area contributed by atoms with E-state index in [1.165, 1.54) is 18.2 Å². The topological polar surface area (TPSA) is 58.6 Å². The van der Waals surface area contributed by atoms with Crippen LogP contribution in [0.2, 0.25) is 5.02 Å². The van der Waals surface area contributed by atoms with Crippen LogP contribution in [0.25, 0.3) is 6.08 Å². The maximum atomic E-state index is 13.4. The van der Waals surface area contributed by atoms with Crippen molar-refractivity contribution >= 4 is 23.6 Å². The van der Waals surface area contributed by atoms with E-state index < -0.39 is 29.6 Å². The minimum absolute atomic E-state index is 0.0167. The molecule has 1 aliphatic heterocycles. The van der Waals surface area contributed by atoms with Gasteiger partial charge in [-0.3, -0.25) is 0 Å². The van der Waals surface area contributed by atoms with Crippen LogP contribution in [0.5, 0.6) is 17.2 Å². The zero-order valence-corrected chi connectivity index (χ0v) is 14.3. The van der Waals surface area contributed by atoms with Crippen molar-refractivity contribution in [2.75, 3.05) is 0 Å². The van der Waals surface area contributed by atoms with Crippen molar-refractivity contribution in [2.45, 2.75) is 19.2 Å². The molecule has 142 valence electrons. The number of carbonyl (C=O) groups excluding carboxylic acids is 1. The lowest BCUT2D eigenvalue weighted by atomic mass is 10.0. The van der Waals surface area contributed by atoms with Crippen molar-refractivity contribution in [3.05, 3.63) is 57.9 Å². The lowest BCUT2D eigenvalue weighted by molar-refractivity contribution is -0.302. The van der Waals surface area contributed by atoms with Gasteiger partial charge in [0.25, 0.3) is 0 Å². The molecule has 1 atom stereocenters. The van der Waals surface area contributed by atoms with Gasteiger partial charge in [-0.2, -0.15) is 13.2 Å². The number of carboxylic acids is 1. The van der Waals surface area contributed by atoms with E-state index in [0.717, 1.165) is 18.2 Å². The molecule has 0 aliphatic carbocycles. The van der Waals surface area contributed by atoms with Gasteiger partial charge in [0.05, 0.1) is 11.0 Å². The molecule has 2 aromatic rings. The van der Waals surface area contributed by atoms with Gasteiger partial charge in [0.2, 0.25) is 6.10 Å². The summed E-state index contributed by atoms with van der Waals surface area (Å²) >= 11 is 6.07. The fraction of sp³-hybridized carbons (Fsp3) is 0.167. The second-order valence-corrected chi connectivity index (χ2v) is 6.17. The predicted octanol–water partition coefficient (Wildman–Crippen LogP) is 4.04. The summed E-state index contributed by atoms with van der Waals surface area (Å²) in [7, 11) is 0. The second kappa shape index (κ2) is 6.77. The summed E-state index contributed by atoms with van der Waals surface area (Å²) in [6.45, 7) is 1.64. The molecule has 2 aromatic carbocycles. The number of hydrogen-bond donors (Lipinski definition) is 0. The third-order valence-electron chi connectivity index (χ3n) is 3.81. The Morgan fingerprint density at radius 2 is 1.93 bits per heavy atom. The predicted molar refractivity (Wildman–Crippen MR) is 86.1 cm³/mol. The lowest BCUT2D eigenvalue weighted by Gasteiger charge is -2.29. The molecule has 0 amide bonds. The number of rotatable bonds is 3. The Bertz CT molecular complexity index is 953. The van der Waals surface area contributed by atoms with Crippen LogP contribution in [-0.2, 0) is 4.79 Å². The second-order valence-electron chi connectivity index (χ2n) is 5.76. The number of alkyl halides is 3. The Labute approximate surface area is 155 Å². The Hall–Kier alpha value is -2.74. The van der Waals surface area contributed by atoms with Crippen molar-refractivity contribution in [3.63, 3.8) is 0 Å². The first-order valence-corrected chi connectivity index (χ1v) is 7.88. The number of carboxylic acid groups (broad SMARTS) is 1. The van der Waals surface area contributed by atoms with E-state index in [1.807, 2.05) is 0 Å². The SMILES string of the molecule is Cc1ccc(F)cc1Oc1cc2c(cc1Cl)C=C(C(=O)[O-])C(C(F)(F)F)O2. The highest BCUT2D eigenvalue weighted by Gasteiger charge is 2.46. The van der Waals surface area contributed by atoms with Gasteiger partial charge in [-0.25, -0.2) is 4.39 Å². The van der Waals surface area contributed by atoms with Gasteiger partial charge < -0.3 is 19.4 Å². The number of hydrogen-bond acceptors (Lipinski definition) is 4. The number of fused-ring (bicyclic) bond motifs is 1. The van der Waals surface area contributed by atoms with Gasteiger partial charge in [-0.15, -0.1) is 0 Å². The van der Waals surface area contributed by atoms with Crippen molar-refractivity contribution in [3.8, 4) is 17.2 Å². The number of carbonyl (C=O) groups is 1. The minimum Gasteiger partial charge on any atom is -0.545 e. The van der Waals surface area contributed by atoms with E-state index in [2.05, 4.69) is 0 Å². The van der Waals surface area contributed by atoms with Gasteiger partial charge in [0.1, 0.15) is 23.1 Å². The molecule has 0 saturated carbocycles. The van der Waals surface area contributed by atoms with Crippen LogP contribution in [-0.4, -0.2) is 18.2 Å². The van der Waals surface area contributed by atoms with E-state index in [1.54, 1.807) is 6.92 Å². The largest absolute Gasteiger partial charge is 0.545 e. The first kappa shape index (κ1) is 19.0. The Balaban J connectivity index is 2.04. The van der Waals surface area contributed by atoms with E-state index >= 15 is 0 Å². The molecule has 1 heterocycles. The van der Waals surface area contributed by atoms with E-state index in [4.69, 9.17) is 21.1 Å². The number of aryl methyl sites for hydroxylation is 1. The zero-order valence-electron chi connectivity index (χ0n) is 13.6. The molecule has 0 bridgehead atoms. The zero-order chi connectivity index (χ0) is 19.9. The normalized spacial score (nSPS) is 16.2. The van der Waals surface area contributed by atoms with Crippen LogP contribution in [0.4, 0.5) is 17.6 Å². The molecule has 0 saturated heterocycles. The molecule has 27 heavy (non-hydrogen) atoms. The third-order valence-corrected chi connectivity index (χ3v) is 4.10. The monoisotopic (exact) mass is 401 g/mol. The number of ether oxygens (including phenoxy) is 2. The minimum atomic E-state index is -4.97. The van der Waals surface area contributed by atoms with Gasteiger partial charge in [0, 0.05) is 23.3 Å². The molecule has 0 radical (unpaired) electrons. The van der Waals surface area contributed by atoms with Gasteiger partial charge in [-0.1, -0.05) is 17.7 Å². The standard InChI is InChI=1S/C18H11ClF4O4/c1-8-2-3-10(20)6-13(8)26-15-7-14-9(5-12(15)19)4-11(17(24)25)16(27-14)18(21,22)23/h2-7,16H,1H3,(H,24,25)/p-1. The number of halogens is 5. The lowest BCUT2D eigenvalue weighted by Crippen LogP contribution is -2.44. The molecular formula is C18H10ClF4O4-.